The van der Waals surface area contributed by atoms with Gasteiger partial charge in [-0.1, -0.05) is 48.5 Å². The average Bonchev–Trinajstić information content (AvgIpc) is 2.76. The fourth-order valence-electron chi connectivity index (χ4n) is 2.65. The number of hydrazine groups is 1. The Labute approximate surface area is 168 Å². The third-order valence-electron chi connectivity index (χ3n) is 4.26. The Hall–Kier alpha value is -3.67. The van der Waals surface area contributed by atoms with E-state index in [4.69, 9.17) is 4.74 Å². The van der Waals surface area contributed by atoms with Gasteiger partial charge in [-0.15, -0.1) is 0 Å². The summed E-state index contributed by atoms with van der Waals surface area (Å²) in [7, 11) is 0. The maximum Gasteiger partial charge on any atom is 0.269 e. The number of benzene rings is 3. The third kappa shape index (κ3) is 6.17. The summed E-state index contributed by atoms with van der Waals surface area (Å²) in [4.78, 5) is 24.0. The Morgan fingerprint density at radius 2 is 1.52 bits per heavy atom. The second-order valence-electron chi connectivity index (χ2n) is 6.39. The van der Waals surface area contributed by atoms with E-state index in [1.54, 1.807) is 42.5 Å². The molecule has 0 atom stereocenters. The van der Waals surface area contributed by atoms with Gasteiger partial charge in [0.05, 0.1) is 0 Å². The lowest BCUT2D eigenvalue weighted by Crippen LogP contribution is -2.41. The van der Waals surface area contributed by atoms with E-state index in [1.165, 1.54) is 6.07 Å². The summed E-state index contributed by atoms with van der Waals surface area (Å²) in [6.07, 6.45) is 0.321. The van der Waals surface area contributed by atoms with Crippen LogP contribution in [0.15, 0.2) is 78.9 Å². The number of hydrogen-bond donors (Lipinski definition) is 2. The van der Waals surface area contributed by atoms with Gasteiger partial charge in [-0.25, -0.2) is 4.39 Å². The Kier molecular flexibility index (Phi) is 6.95. The van der Waals surface area contributed by atoms with Crippen LogP contribution in [0.1, 0.15) is 27.9 Å². The smallest absolute Gasteiger partial charge is 0.269 e. The number of amides is 2. The van der Waals surface area contributed by atoms with Crippen molar-refractivity contribution in [2.45, 2.75) is 19.4 Å². The molecule has 0 unspecified atom stereocenters. The van der Waals surface area contributed by atoms with Crippen LogP contribution in [0.25, 0.3) is 0 Å². The van der Waals surface area contributed by atoms with Gasteiger partial charge in [-0.2, -0.15) is 0 Å². The monoisotopic (exact) mass is 392 g/mol. The Morgan fingerprint density at radius 3 is 2.24 bits per heavy atom. The van der Waals surface area contributed by atoms with Gasteiger partial charge in [0, 0.05) is 12.0 Å². The minimum atomic E-state index is -0.431. The Morgan fingerprint density at radius 1 is 0.828 bits per heavy atom. The lowest BCUT2D eigenvalue weighted by Gasteiger charge is -2.09. The Balaban J connectivity index is 1.43. The number of nitrogens with one attached hydrogen (secondary N) is 2. The van der Waals surface area contributed by atoms with Crippen LogP contribution in [0, 0.1) is 5.82 Å². The molecule has 3 aromatic carbocycles. The molecule has 0 spiro atoms. The number of hydrogen-bond acceptors (Lipinski definition) is 3. The number of carbonyl (C=O) groups excluding carboxylic acids is 2. The van der Waals surface area contributed by atoms with Crippen LogP contribution in [-0.4, -0.2) is 11.8 Å². The number of rotatable bonds is 7. The van der Waals surface area contributed by atoms with E-state index in [1.807, 2.05) is 30.3 Å². The van der Waals surface area contributed by atoms with E-state index in [0.29, 0.717) is 17.7 Å². The number of ether oxygens (including phenoxy) is 1. The van der Waals surface area contributed by atoms with E-state index in [9.17, 15) is 14.0 Å². The quantitative estimate of drug-likeness (QED) is 0.601. The molecule has 0 aliphatic heterocycles. The van der Waals surface area contributed by atoms with Gasteiger partial charge >= 0.3 is 0 Å². The van der Waals surface area contributed by atoms with Crippen LogP contribution in [0.4, 0.5) is 4.39 Å². The summed E-state index contributed by atoms with van der Waals surface area (Å²) in [6, 6.07) is 22.6. The predicted octanol–water partition coefficient (Wildman–Crippen LogP) is 3.80. The molecule has 29 heavy (non-hydrogen) atoms. The van der Waals surface area contributed by atoms with Crippen LogP contribution >= 0.6 is 0 Å². The van der Waals surface area contributed by atoms with E-state index < -0.39 is 11.8 Å². The molecule has 6 heteroatoms. The molecule has 2 N–H and O–H groups in total. The largest absolute Gasteiger partial charge is 0.489 e. The molecule has 5 nitrogen and oxygen atoms in total. The molecule has 0 heterocycles. The van der Waals surface area contributed by atoms with Crippen molar-refractivity contribution < 1.29 is 18.7 Å². The predicted molar refractivity (Wildman–Crippen MR) is 108 cm³/mol. The van der Waals surface area contributed by atoms with Crippen molar-refractivity contribution in [3.05, 3.63) is 101 Å². The lowest BCUT2D eigenvalue weighted by atomic mass is 10.1. The zero-order valence-corrected chi connectivity index (χ0v) is 15.7. The van der Waals surface area contributed by atoms with E-state index in [0.717, 1.165) is 11.3 Å². The highest BCUT2D eigenvalue weighted by molar-refractivity contribution is 5.95. The first-order valence-corrected chi connectivity index (χ1v) is 9.21. The molecule has 0 fully saturated rings. The van der Waals surface area contributed by atoms with Gasteiger partial charge in [0.1, 0.15) is 18.2 Å². The van der Waals surface area contributed by atoms with E-state index in [2.05, 4.69) is 10.9 Å². The maximum atomic E-state index is 13.5. The average molecular weight is 392 g/mol. The molecule has 148 valence electrons. The third-order valence-corrected chi connectivity index (χ3v) is 4.26. The fourth-order valence-corrected chi connectivity index (χ4v) is 2.65. The van der Waals surface area contributed by atoms with Crippen LogP contribution < -0.4 is 15.6 Å². The summed E-state index contributed by atoms with van der Waals surface area (Å²) in [5, 5.41) is 0. The molecule has 3 rings (SSSR count). The van der Waals surface area contributed by atoms with Crippen LogP contribution in [-0.2, 0) is 17.8 Å². The SMILES string of the molecule is O=C(CCc1ccccc1F)NNC(=O)c1ccc(COc2ccccc2)cc1. The van der Waals surface area contributed by atoms with Crippen molar-refractivity contribution in [1.29, 1.82) is 0 Å². The first kappa shape index (κ1) is 20.1. The van der Waals surface area contributed by atoms with Gasteiger partial charge in [-0.3, -0.25) is 20.4 Å². The number of carbonyl (C=O) groups is 2. The summed E-state index contributed by atoms with van der Waals surface area (Å²) in [6.45, 7) is 0.388. The standard InChI is InChI=1S/C23H21FN2O3/c24-21-9-5-4-6-18(21)14-15-22(27)25-26-23(28)19-12-10-17(11-13-19)16-29-20-7-2-1-3-8-20/h1-13H,14-16H2,(H,25,27)(H,26,28). The first-order valence-electron chi connectivity index (χ1n) is 9.21. The zero-order chi connectivity index (χ0) is 20.5. The van der Waals surface area contributed by atoms with Crippen molar-refractivity contribution in [1.82, 2.24) is 10.9 Å². The van der Waals surface area contributed by atoms with Gasteiger partial charge in [0.25, 0.3) is 5.91 Å². The molecule has 0 bridgehead atoms. The normalized spacial score (nSPS) is 10.2. The number of halogens is 1. The van der Waals surface area contributed by atoms with Crippen LogP contribution in [0.2, 0.25) is 0 Å². The number of para-hydroxylation sites is 1. The van der Waals surface area contributed by atoms with Crippen LogP contribution in [0.5, 0.6) is 5.75 Å². The Bertz CT molecular complexity index is 959. The molecule has 3 aromatic rings. The maximum absolute atomic E-state index is 13.5. The zero-order valence-electron chi connectivity index (χ0n) is 15.7. The summed E-state index contributed by atoms with van der Waals surface area (Å²) < 4.78 is 19.2. The van der Waals surface area contributed by atoms with Crippen molar-refractivity contribution in [2.75, 3.05) is 0 Å². The molecule has 0 aliphatic rings. The molecule has 0 radical (unpaired) electrons. The molecule has 0 saturated carbocycles. The van der Waals surface area contributed by atoms with Crippen molar-refractivity contribution in [3.8, 4) is 5.75 Å². The topological polar surface area (TPSA) is 67.4 Å². The molecular formula is C23H21FN2O3. The molecule has 0 aliphatic carbocycles. The highest BCUT2D eigenvalue weighted by Crippen LogP contribution is 2.12. The molecular weight excluding hydrogens is 371 g/mol. The summed E-state index contributed by atoms with van der Waals surface area (Å²) >= 11 is 0. The molecule has 0 saturated heterocycles. The molecule has 2 amide bonds. The summed E-state index contributed by atoms with van der Waals surface area (Å²) in [5.74, 6) is -0.401. The van der Waals surface area contributed by atoms with Gasteiger partial charge in [0.2, 0.25) is 5.91 Å². The fraction of sp³-hybridized carbons (Fsp3) is 0.130. The van der Waals surface area contributed by atoms with Gasteiger partial charge in [-0.05, 0) is 47.9 Å². The number of aryl methyl sites for hydroxylation is 1. The first-order chi connectivity index (χ1) is 14.1. The van der Waals surface area contributed by atoms with Gasteiger partial charge in [0.15, 0.2) is 0 Å². The minimum Gasteiger partial charge on any atom is -0.489 e. The lowest BCUT2D eigenvalue weighted by molar-refractivity contribution is -0.121. The van der Waals surface area contributed by atoms with Crippen molar-refractivity contribution in [3.63, 3.8) is 0 Å². The minimum absolute atomic E-state index is 0.0664. The highest BCUT2D eigenvalue weighted by atomic mass is 19.1. The summed E-state index contributed by atoms with van der Waals surface area (Å²) in [5.41, 5.74) is 6.49. The highest BCUT2D eigenvalue weighted by Gasteiger charge is 2.09. The van der Waals surface area contributed by atoms with Crippen LogP contribution in [0.3, 0.4) is 0 Å². The van der Waals surface area contributed by atoms with Crippen molar-refractivity contribution in [2.24, 2.45) is 0 Å². The van der Waals surface area contributed by atoms with Gasteiger partial charge < -0.3 is 4.74 Å². The van der Waals surface area contributed by atoms with Crippen molar-refractivity contribution >= 4 is 11.8 Å². The van der Waals surface area contributed by atoms with E-state index in [-0.39, 0.29) is 18.7 Å². The molecule has 0 aromatic heterocycles. The second kappa shape index (κ2) is 10.0. The van der Waals surface area contributed by atoms with E-state index >= 15 is 0 Å². The second-order valence-corrected chi connectivity index (χ2v) is 6.39.